The molecular formula is C25H30O4. The number of hydrogen-bond donors (Lipinski definition) is 3. The van der Waals surface area contributed by atoms with Crippen molar-refractivity contribution in [2.75, 3.05) is 0 Å². The summed E-state index contributed by atoms with van der Waals surface area (Å²) in [6.45, 7) is 2.61. The fourth-order valence-electron chi connectivity index (χ4n) is 6.44. The van der Waals surface area contributed by atoms with Gasteiger partial charge in [0.15, 0.2) is 0 Å². The van der Waals surface area contributed by atoms with Gasteiger partial charge in [-0.2, -0.15) is 0 Å². The molecule has 154 valence electrons. The molecule has 0 aromatic heterocycles. The van der Waals surface area contributed by atoms with Crippen LogP contribution in [-0.4, -0.2) is 33.6 Å². The minimum atomic E-state index is -1.03. The zero-order valence-corrected chi connectivity index (χ0v) is 16.9. The van der Waals surface area contributed by atoms with Gasteiger partial charge in [-0.3, -0.25) is 0 Å². The smallest absolute Gasteiger partial charge is 0.120 e. The first-order valence-corrected chi connectivity index (χ1v) is 10.8. The van der Waals surface area contributed by atoms with E-state index in [0.29, 0.717) is 18.4 Å². The number of fused-ring (bicyclic) bond motifs is 5. The van der Waals surface area contributed by atoms with Crippen LogP contribution in [0.2, 0.25) is 0 Å². The van der Waals surface area contributed by atoms with E-state index in [4.69, 9.17) is 4.74 Å². The Morgan fingerprint density at radius 1 is 1.00 bits per heavy atom. The molecule has 4 nitrogen and oxygen atoms in total. The van der Waals surface area contributed by atoms with Gasteiger partial charge in [0, 0.05) is 5.41 Å². The molecule has 3 aliphatic carbocycles. The SMILES string of the molecule is C[C@]12CCC3c4ccc(OCc5ccccc5)cc4CCC3C1[C@@H](O)[C@@H](O)[C@@H]2O. The Morgan fingerprint density at radius 3 is 2.59 bits per heavy atom. The van der Waals surface area contributed by atoms with Crippen molar-refractivity contribution < 1.29 is 20.1 Å². The van der Waals surface area contributed by atoms with Crippen molar-refractivity contribution in [1.82, 2.24) is 0 Å². The maximum Gasteiger partial charge on any atom is 0.120 e. The lowest BCUT2D eigenvalue weighted by molar-refractivity contribution is -0.0505. The Kier molecular flexibility index (Phi) is 4.69. The summed E-state index contributed by atoms with van der Waals surface area (Å²) in [5, 5.41) is 31.6. The minimum Gasteiger partial charge on any atom is -0.489 e. The third-order valence-corrected chi connectivity index (χ3v) is 7.96. The highest BCUT2D eigenvalue weighted by atomic mass is 16.5. The van der Waals surface area contributed by atoms with Gasteiger partial charge in [-0.05, 0) is 72.3 Å². The maximum absolute atomic E-state index is 10.7. The molecule has 3 aliphatic rings. The van der Waals surface area contributed by atoms with Crippen LogP contribution in [0.1, 0.15) is 48.8 Å². The van der Waals surface area contributed by atoms with Crippen molar-refractivity contribution >= 4 is 0 Å². The largest absolute Gasteiger partial charge is 0.489 e. The van der Waals surface area contributed by atoms with E-state index < -0.39 is 23.7 Å². The molecule has 2 aromatic carbocycles. The summed E-state index contributed by atoms with van der Waals surface area (Å²) < 4.78 is 6.02. The van der Waals surface area contributed by atoms with Crippen molar-refractivity contribution in [2.45, 2.75) is 63.4 Å². The second-order valence-electron chi connectivity index (χ2n) is 9.44. The molecule has 29 heavy (non-hydrogen) atoms. The van der Waals surface area contributed by atoms with E-state index in [2.05, 4.69) is 30.3 Å². The van der Waals surface area contributed by atoms with Gasteiger partial charge < -0.3 is 20.1 Å². The van der Waals surface area contributed by atoms with Crippen LogP contribution >= 0.6 is 0 Å². The highest BCUT2D eigenvalue weighted by molar-refractivity contribution is 5.41. The summed E-state index contributed by atoms with van der Waals surface area (Å²) in [7, 11) is 0. The molecule has 0 aliphatic heterocycles. The molecule has 5 rings (SSSR count). The number of benzene rings is 2. The summed E-state index contributed by atoms with van der Waals surface area (Å²) in [4.78, 5) is 0. The molecule has 3 N–H and O–H groups in total. The predicted octanol–water partition coefficient (Wildman–Crippen LogP) is 3.42. The molecule has 2 fully saturated rings. The fraction of sp³-hybridized carbons (Fsp3) is 0.520. The summed E-state index contributed by atoms with van der Waals surface area (Å²) in [6.07, 6.45) is 1.06. The lowest BCUT2D eigenvalue weighted by atomic mass is 9.55. The molecule has 0 amide bonds. The molecule has 2 saturated carbocycles. The van der Waals surface area contributed by atoms with Crippen molar-refractivity contribution in [3.63, 3.8) is 0 Å². The Balaban J connectivity index is 1.37. The van der Waals surface area contributed by atoms with E-state index in [9.17, 15) is 15.3 Å². The molecule has 3 unspecified atom stereocenters. The lowest BCUT2D eigenvalue weighted by Crippen LogP contribution is -2.46. The van der Waals surface area contributed by atoms with Crippen molar-refractivity contribution in [1.29, 1.82) is 0 Å². The monoisotopic (exact) mass is 394 g/mol. The third kappa shape index (κ3) is 3.00. The number of aliphatic hydroxyl groups is 3. The van der Waals surface area contributed by atoms with Crippen LogP contribution in [0.5, 0.6) is 5.75 Å². The fourth-order valence-corrected chi connectivity index (χ4v) is 6.44. The van der Waals surface area contributed by atoms with Crippen LogP contribution in [0.25, 0.3) is 0 Å². The first-order valence-electron chi connectivity index (χ1n) is 10.8. The third-order valence-electron chi connectivity index (χ3n) is 7.96. The molecule has 0 spiro atoms. The van der Waals surface area contributed by atoms with Crippen LogP contribution in [0.4, 0.5) is 0 Å². The Labute approximate surface area is 172 Å². The predicted molar refractivity (Wildman–Crippen MR) is 111 cm³/mol. The lowest BCUT2D eigenvalue weighted by Gasteiger charge is -2.50. The van der Waals surface area contributed by atoms with E-state index in [-0.39, 0.29) is 5.92 Å². The van der Waals surface area contributed by atoms with E-state index >= 15 is 0 Å². The van der Waals surface area contributed by atoms with Gasteiger partial charge in [-0.1, -0.05) is 43.3 Å². The number of hydrogen-bond acceptors (Lipinski definition) is 4. The Bertz CT molecular complexity index is 882. The van der Waals surface area contributed by atoms with Gasteiger partial charge in [-0.15, -0.1) is 0 Å². The average Bonchev–Trinajstić information content (AvgIpc) is 2.93. The highest BCUT2D eigenvalue weighted by Crippen LogP contribution is 2.61. The molecule has 4 heteroatoms. The van der Waals surface area contributed by atoms with Gasteiger partial charge in [0.05, 0.1) is 12.2 Å². The van der Waals surface area contributed by atoms with Crippen molar-refractivity contribution in [3.8, 4) is 5.75 Å². The molecule has 0 heterocycles. The van der Waals surface area contributed by atoms with Crippen molar-refractivity contribution in [2.24, 2.45) is 17.3 Å². The van der Waals surface area contributed by atoms with Crippen LogP contribution in [-0.2, 0) is 13.0 Å². The topological polar surface area (TPSA) is 69.9 Å². The van der Waals surface area contributed by atoms with Gasteiger partial charge in [0.2, 0.25) is 0 Å². The van der Waals surface area contributed by atoms with Crippen LogP contribution < -0.4 is 4.74 Å². The Hall–Kier alpha value is -1.88. The second-order valence-corrected chi connectivity index (χ2v) is 9.44. The summed E-state index contributed by atoms with van der Waals surface area (Å²) in [5.74, 6) is 1.54. The normalized spacial score (nSPS) is 38.1. The quantitative estimate of drug-likeness (QED) is 0.746. The maximum atomic E-state index is 10.7. The Morgan fingerprint density at radius 2 is 1.79 bits per heavy atom. The van der Waals surface area contributed by atoms with Gasteiger partial charge in [0.1, 0.15) is 18.5 Å². The number of aliphatic hydroxyl groups excluding tert-OH is 3. The molecule has 0 radical (unpaired) electrons. The van der Waals surface area contributed by atoms with Gasteiger partial charge >= 0.3 is 0 Å². The number of ether oxygens (including phenoxy) is 1. The van der Waals surface area contributed by atoms with Crippen LogP contribution in [0, 0.1) is 17.3 Å². The molecule has 0 saturated heterocycles. The number of rotatable bonds is 3. The van der Waals surface area contributed by atoms with Crippen LogP contribution in [0.15, 0.2) is 48.5 Å². The molecule has 7 atom stereocenters. The van der Waals surface area contributed by atoms with Crippen LogP contribution in [0.3, 0.4) is 0 Å². The molecule has 0 bridgehead atoms. The van der Waals surface area contributed by atoms with Crippen molar-refractivity contribution in [3.05, 3.63) is 65.2 Å². The standard InChI is InChI=1S/C25H30O4/c1-25-12-11-19-18-10-8-17(29-14-15-5-3-2-4-6-15)13-16(18)7-9-20(19)21(25)22(26)23(27)24(25)28/h2-6,8,10,13,19-24,26-28H,7,9,11-12,14H2,1H3/t19?,20?,21?,22-,23-,24+,25+/m1/s1. The highest BCUT2D eigenvalue weighted by Gasteiger charge is 2.62. The zero-order valence-electron chi connectivity index (χ0n) is 16.9. The van der Waals surface area contributed by atoms with E-state index in [1.54, 1.807) is 0 Å². The first kappa shape index (κ1) is 19.1. The van der Waals surface area contributed by atoms with E-state index in [1.165, 1.54) is 11.1 Å². The number of aryl methyl sites for hydroxylation is 1. The zero-order chi connectivity index (χ0) is 20.2. The summed E-state index contributed by atoms with van der Waals surface area (Å²) in [6, 6.07) is 16.6. The summed E-state index contributed by atoms with van der Waals surface area (Å²) >= 11 is 0. The molecule has 2 aromatic rings. The van der Waals surface area contributed by atoms with Gasteiger partial charge in [0.25, 0.3) is 0 Å². The summed E-state index contributed by atoms with van der Waals surface area (Å²) in [5.41, 5.74) is 3.47. The van der Waals surface area contributed by atoms with E-state index in [1.807, 2.05) is 25.1 Å². The molecular weight excluding hydrogens is 364 g/mol. The van der Waals surface area contributed by atoms with Gasteiger partial charge in [-0.25, -0.2) is 0 Å². The van der Waals surface area contributed by atoms with E-state index in [0.717, 1.165) is 37.0 Å². The average molecular weight is 395 g/mol. The first-order chi connectivity index (χ1) is 14.0. The minimum absolute atomic E-state index is 0.0478. The second kappa shape index (κ2) is 7.12.